The third-order valence-corrected chi connectivity index (χ3v) is 20.3. The van der Waals surface area contributed by atoms with Crippen LogP contribution in [0.3, 0.4) is 0 Å². The van der Waals surface area contributed by atoms with Gasteiger partial charge in [0.1, 0.15) is 88.9 Å². The molecule has 0 aliphatic carbocycles. The molecule has 10 aromatic heterocycles. The van der Waals surface area contributed by atoms with Crippen LogP contribution in [0.4, 0.5) is 28.2 Å². The van der Waals surface area contributed by atoms with Crippen LogP contribution in [0.25, 0.3) is 55.6 Å². The Balaban J connectivity index is 0.000000142. The largest absolute Gasteiger partial charge is 0.391 e. The summed E-state index contributed by atoms with van der Waals surface area (Å²) in [6, 6.07) is 1.52. The Hall–Kier alpha value is -11.4. The summed E-state index contributed by atoms with van der Waals surface area (Å²) in [5.41, 5.74) is 45.4. The quantitative estimate of drug-likeness (QED) is 0.0447. The fourth-order valence-electron chi connectivity index (χ4n) is 13.8. The minimum atomic E-state index is -1.74. The SMILES string of the molecule is C#CC1(N)[C@@H](O)[C@@H]([C@@H](C)O)O[C@H]1n1cc(F)c2c(=O)[nH]c(C)nc21.C#CC1(N)[C@@H](O)[C@@H]([C@@H](C)O)O[C@H]1n1ccc2c(=O)[nH]c(N)nc21.C#CC1(N)[C@@H](O)[C@@H]([C@@H](C)O)O[C@H]1n1cnc2c(=O)[nH]c(N)nc21.C#CC1(N)[C@@H](O)[C@@H]([C@@H](C)O)O[C@H]1n1cnc2c(=S)nc(N)[nH]c21.C#CC1(N)[C@@H](O)[C@@H]([C@@H](C)O)O[C@H]1n1cnc2cnc(N)nc21. The molecule has 5 aliphatic rings. The van der Waals surface area contributed by atoms with Crippen LogP contribution >= 0.6 is 12.2 Å². The van der Waals surface area contributed by atoms with Crippen molar-refractivity contribution in [2.45, 2.75) is 192 Å². The number of nitrogens with zero attached hydrogens (tertiary/aromatic N) is 14. The van der Waals surface area contributed by atoms with E-state index in [2.05, 4.69) is 94.4 Å². The van der Waals surface area contributed by atoms with Crippen molar-refractivity contribution < 1.29 is 79.1 Å². The Labute approximate surface area is 652 Å². The van der Waals surface area contributed by atoms with E-state index in [1.54, 1.807) is 0 Å². The van der Waals surface area contributed by atoms with Gasteiger partial charge in [0.15, 0.2) is 103 Å². The number of hydrogen-bond donors (Lipinski definition) is 23. The number of aliphatic hydroxyl groups is 10. The van der Waals surface area contributed by atoms with Gasteiger partial charge < -0.3 is 141 Å². The van der Waals surface area contributed by atoms with E-state index >= 15 is 0 Å². The number of H-pyrrole nitrogens is 4. The minimum absolute atomic E-state index is 0.0118. The van der Waals surface area contributed by atoms with Crippen LogP contribution in [0.5, 0.6) is 0 Å². The highest BCUT2D eigenvalue weighted by Gasteiger charge is 2.60. The molecular weight excluding hydrogens is 1530 g/mol. The van der Waals surface area contributed by atoms with E-state index in [1.807, 2.05) is 0 Å². The summed E-state index contributed by atoms with van der Waals surface area (Å²) in [4.78, 5) is 82.0. The lowest BCUT2D eigenvalue weighted by molar-refractivity contribution is -0.0757. The first-order valence-electron chi connectivity index (χ1n) is 34.4. The van der Waals surface area contributed by atoms with Gasteiger partial charge in [0.25, 0.3) is 16.7 Å². The normalized spacial score (nSPS) is 32.1. The maximum atomic E-state index is 14.2. The van der Waals surface area contributed by atoms with E-state index in [1.165, 1.54) is 102 Å². The van der Waals surface area contributed by atoms with Crippen LogP contribution in [0.1, 0.15) is 71.6 Å². The smallest absolute Gasteiger partial charge is 0.280 e. The molecule has 0 bridgehead atoms. The molecule has 5 aliphatic heterocycles. The molecule has 32 N–H and O–H groups in total. The Morgan fingerprint density at radius 1 is 0.478 bits per heavy atom. The van der Waals surface area contributed by atoms with Gasteiger partial charge in [0.2, 0.25) is 17.8 Å². The van der Waals surface area contributed by atoms with Crippen molar-refractivity contribution in [1.82, 2.24) is 87.6 Å². The van der Waals surface area contributed by atoms with Crippen molar-refractivity contribution in [3.63, 3.8) is 0 Å². The van der Waals surface area contributed by atoms with Crippen molar-refractivity contribution in [3.8, 4) is 61.7 Å². The summed E-state index contributed by atoms with van der Waals surface area (Å²) < 4.78 is 49.7. The topological polar surface area (TPSA) is 738 Å². The number of ether oxygens (including phenoxy) is 5. The van der Waals surface area contributed by atoms with Gasteiger partial charge in [-0.05, 0) is 47.6 Å². The zero-order valence-electron chi connectivity index (χ0n) is 61.5. The van der Waals surface area contributed by atoms with Crippen molar-refractivity contribution in [2.24, 2.45) is 28.7 Å². The highest BCUT2D eigenvalue weighted by Crippen LogP contribution is 2.44. The van der Waals surface area contributed by atoms with Crippen LogP contribution in [0.15, 0.2) is 58.0 Å². The van der Waals surface area contributed by atoms with Gasteiger partial charge in [0.05, 0.1) is 61.1 Å². The fraction of sp³-hybridized carbons (Fsp3) is 0.456. The van der Waals surface area contributed by atoms with E-state index in [0.717, 1.165) is 6.20 Å². The monoisotopic (exact) mass is 1620 g/mol. The second-order valence-corrected chi connectivity index (χ2v) is 28.3. The van der Waals surface area contributed by atoms with E-state index in [9.17, 15) is 69.8 Å². The first-order chi connectivity index (χ1) is 54.0. The van der Waals surface area contributed by atoms with E-state index in [-0.39, 0.29) is 67.5 Å². The molecule has 0 saturated carbocycles. The molecule has 5 fully saturated rings. The van der Waals surface area contributed by atoms with Gasteiger partial charge in [-0.1, -0.05) is 41.8 Å². The molecule has 15 rings (SSSR count). The standard InChI is InChI=1S/C15H17FN4O4.C14H17N5O4.C13H16N6O4.C13H16N6O3S.C13H16N6O3/c1-4-15(17)11(22)10(6(2)21)24-14(15)20-5-8(16)9-12(20)18-7(3)19-13(9)23;1-3-14(16)9(21)8(6(2)20)23-12(14)19-5-4-7-10(19)17-13(15)18-11(7)22;1-3-13(15)8(21)7(5(2)20)23-11(13)19-4-16-6-9(19)17-12(14)18-10(6)22;1-3-13(15)8(21)7(5(2)20)22-11(13)19-4-16-6-9(19)17-12(14)18-10(6)23;1-3-13(15)9(21)8(6(2)20)22-11(13)19-5-17-7-4-16-12(14)18-10(7)19/h1,5-6,10-11,14,21-22H,17H2,2-3H3,(H,18,19,23);1,4-6,8-9,12,20-21H,16H2,2H3,(H3,15,17,18,22);1,4-5,7-8,11,20-21H,15H2,2H3,(H3,14,17,18,22);1,4-5,7-8,11,20-21H,15H2,2H3,(H3,14,17,18,23);1,4-6,8-9,11,20-21H,15H2,2H3,(H2,14,16,18)/t6-,10-,11+,14-,15?;6-,8-,9+,12-,14?;2*5-,7-,8+,11-,13?;6-,8-,9+,11-,13?/m11111/s1. The highest BCUT2D eigenvalue weighted by atomic mass is 32.1. The molecule has 0 amide bonds. The molecule has 25 atom stereocenters. The number of aromatic nitrogens is 18. The maximum absolute atomic E-state index is 14.2. The number of aromatic amines is 4. The van der Waals surface area contributed by atoms with Crippen molar-refractivity contribution in [3.05, 3.63) is 91.0 Å². The number of halogens is 1. The number of fused-ring (bicyclic) bond motifs is 5. The zero-order valence-corrected chi connectivity index (χ0v) is 62.3. The first kappa shape index (κ1) is 84.5. The van der Waals surface area contributed by atoms with Crippen LogP contribution < -0.4 is 68.3 Å². The average Bonchev–Trinajstić information content (AvgIpc) is 1.62. The number of anilines is 4. The van der Waals surface area contributed by atoms with Gasteiger partial charge in [-0.25, -0.2) is 34.3 Å². The molecule has 15 heterocycles. The summed E-state index contributed by atoms with van der Waals surface area (Å²) >= 11 is 5.11. The first-order valence-corrected chi connectivity index (χ1v) is 34.8. The second kappa shape index (κ2) is 31.4. The lowest BCUT2D eigenvalue weighted by Gasteiger charge is -2.28. The van der Waals surface area contributed by atoms with Crippen molar-refractivity contribution in [1.29, 1.82) is 0 Å². The molecule has 5 unspecified atom stereocenters. The molecule has 610 valence electrons. The molecule has 115 heavy (non-hydrogen) atoms. The summed E-state index contributed by atoms with van der Waals surface area (Å²) in [5, 5.41) is 101. The number of aryl methyl sites for hydroxylation is 1. The molecule has 0 spiro atoms. The molecule has 10 aromatic rings. The third kappa shape index (κ3) is 14.4. The number of nitrogens with two attached hydrogens (primary N) is 9. The number of nitrogens with one attached hydrogen (secondary N) is 4. The summed E-state index contributed by atoms with van der Waals surface area (Å²) in [6.07, 6.45) is 13.9. The van der Waals surface area contributed by atoms with E-state index < -0.39 is 173 Å². The predicted molar refractivity (Wildman–Crippen MR) is 406 cm³/mol. The fourth-order valence-corrected chi connectivity index (χ4v) is 14.1. The van der Waals surface area contributed by atoms with Crippen molar-refractivity contribution in [2.75, 3.05) is 22.9 Å². The van der Waals surface area contributed by atoms with Crippen LogP contribution in [0.2, 0.25) is 0 Å². The molecule has 0 radical (unpaired) electrons. The second-order valence-electron chi connectivity index (χ2n) is 27.9. The van der Waals surface area contributed by atoms with Gasteiger partial charge in [-0.15, -0.1) is 32.1 Å². The Morgan fingerprint density at radius 3 is 1.31 bits per heavy atom. The lowest BCUT2D eigenvalue weighted by Crippen LogP contribution is -2.54. The van der Waals surface area contributed by atoms with Crippen LogP contribution in [-0.2, 0) is 23.7 Å². The van der Waals surface area contributed by atoms with Crippen LogP contribution in [0, 0.1) is 79.1 Å². The lowest BCUT2D eigenvalue weighted by atomic mass is 9.90. The average molecular weight is 1620 g/mol. The van der Waals surface area contributed by atoms with Gasteiger partial charge >= 0.3 is 0 Å². The van der Waals surface area contributed by atoms with Gasteiger partial charge in [0, 0.05) is 12.4 Å². The number of rotatable bonds is 10. The molecule has 0 aromatic carbocycles. The summed E-state index contributed by atoms with van der Waals surface area (Å²) in [6.45, 7) is 8.82. The third-order valence-electron chi connectivity index (χ3n) is 20.0. The van der Waals surface area contributed by atoms with Gasteiger partial charge in [-0.3, -0.25) is 42.6 Å². The minimum Gasteiger partial charge on any atom is -0.391 e. The molecule has 47 heteroatoms. The van der Waals surface area contributed by atoms with Crippen molar-refractivity contribution >= 4 is 91.6 Å². The zero-order chi connectivity index (χ0) is 84.7. The number of aliphatic hydroxyl groups excluding tert-OH is 10. The summed E-state index contributed by atoms with van der Waals surface area (Å²) in [7, 11) is 0. The Bertz CT molecular complexity index is 5510. The summed E-state index contributed by atoms with van der Waals surface area (Å²) in [5.74, 6) is 11.0. The molecule has 45 nitrogen and oxygen atoms in total. The Morgan fingerprint density at radius 2 is 0.861 bits per heavy atom. The molecule has 5 saturated heterocycles. The highest BCUT2D eigenvalue weighted by molar-refractivity contribution is 7.71. The number of imidazole rings is 3. The van der Waals surface area contributed by atoms with Crippen LogP contribution in [-0.4, -0.2) is 258 Å². The predicted octanol–water partition coefficient (Wildman–Crippen LogP) is -7.49. The van der Waals surface area contributed by atoms with E-state index in [0.29, 0.717) is 22.3 Å². The maximum Gasteiger partial charge on any atom is 0.280 e. The number of terminal acetylenes is 5. The van der Waals surface area contributed by atoms with Gasteiger partial charge in [-0.2, -0.15) is 15.0 Å². The number of nitrogen functional groups attached to an aromatic ring is 4. The molecular formula is C68H82FN27O18S. The van der Waals surface area contributed by atoms with E-state index in [4.69, 9.17) is 120 Å². The number of hydrogen-bond acceptors (Lipinski definition) is 37. The Kier molecular flexibility index (Phi) is 23.1.